The SMILES string of the molecule is Cc1coc(C(=O)NC2CCCCCC2)c1. The monoisotopic (exact) mass is 221 g/mol. The molecule has 0 aromatic carbocycles. The van der Waals surface area contributed by atoms with Crippen LogP contribution in [0.1, 0.15) is 54.6 Å². The van der Waals surface area contributed by atoms with Gasteiger partial charge in [0.1, 0.15) is 0 Å². The fraction of sp³-hybridized carbons (Fsp3) is 0.615. The number of hydrogen-bond donors (Lipinski definition) is 1. The van der Waals surface area contributed by atoms with E-state index in [1.807, 2.05) is 6.92 Å². The maximum absolute atomic E-state index is 11.8. The van der Waals surface area contributed by atoms with Crippen LogP contribution in [0.15, 0.2) is 16.7 Å². The molecule has 0 aliphatic heterocycles. The summed E-state index contributed by atoms with van der Waals surface area (Å²) in [5.41, 5.74) is 0.992. The molecule has 0 saturated heterocycles. The molecule has 2 rings (SSSR count). The Bertz CT molecular complexity index is 349. The average molecular weight is 221 g/mol. The lowest BCUT2D eigenvalue weighted by Crippen LogP contribution is -2.34. The van der Waals surface area contributed by atoms with Gasteiger partial charge in [0.2, 0.25) is 0 Å². The number of carbonyl (C=O) groups excluding carboxylic acids is 1. The van der Waals surface area contributed by atoms with Gasteiger partial charge in [-0.3, -0.25) is 4.79 Å². The summed E-state index contributed by atoms with van der Waals surface area (Å²) in [6.07, 6.45) is 8.86. The lowest BCUT2D eigenvalue weighted by atomic mass is 10.1. The summed E-state index contributed by atoms with van der Waals surface area (Å²) in [4.78, 5) is 11.8. The van der Waals surface area contributed by atoms with E-state index < -0.39 is 0 Å². The summed E-state index contributed by atoms with van der Waals surface area (Å²) in [5.74, 6) is 0.363. The molecule has 0 spiro atoms. The maximum atomic E-state index is 11.8. The molecule has 0 radical (unpaired) electrons. The molecule has 0 bridgehead atoms. The third kappa shape index (κ3) is 2.87. The van der Waals surface area contributed by atoms with Crippen molar-refractivity contribution in [2.45, 2.75) is 51.5 Å². The predicted molar refractivity (Wildman–Crippen MR) is 62.4 cm³/mol. The van der Waals surface area contributed by atoms with Gasteiger partial charge in [-0.25, -0.2) is 0 Å². The summed E-state index contributed by atoms with van der Waals surface area (Å²) >= 11 is 0. The normalized spacial score (nSPS) is 18.1. The summed E-state index contributed by atoms with van der Waals surface area (Å²) in [6, 6.07) is 2.12. The van der Waals surface area contributed by atoms with E-state index in [2.05, 4.69) is 5.32 Å². The summed E-state index contributed by atoms with van der Waals surface area (Å²) in [6.45, 7) is 1.92. The van der Waals surface area contributed by atoms with Crippen molar-refractivity contribution in [3.05, 3.63) is 23.7 Å². The zero-order valence-electron chi connectivity index (χ0n) is 9.79. The maximum Gasteiger partial charge on any atom is 0.287 e. The number of hydrogen-bond acceptors (Lipinski definition) is 2. The topological polar surface area (TPSA) is 42.2 Å². The van der Waals surface area contributed by atoms with Crippen LogP contribution in [0.4, 0.5) is 0 Å². The molecule has 1 aliphatic rings. The first-order chi connectivity index (χ1) is 7.75. The van der Waals surface area contributed by atoms with E-state index in [1.54, 1.807) is 12.3 Å². The van der Waals surface area contributed by atoms with Gasteiger partial charge in [0.05, 0.1) is 6.26 Å². The second-order valence-corrected chi connectivity index (χ2v) is 4.65. The third-order valence-corrected chi connectivity index (χ3v) is 3.14. The van der Waals surface area contributed by atoms with Crippen molar-refractivity contribution in [1.29, 1.82) is 0 Å². The standard InChI is InChI=1S/C13H19NO2/c1-10-8-12(16-9-10)13(15)14-11-6-4-2-3-5-7-11/h8-9,11H,2-7H2,1H3,(H,14,15). The molecule has 3 heteroatoms. The third-order valence-electron chi connectivity index (χ3n) is 3.14. The van der Waals surface area contributed by atoms with E-state index >= 15 is 0 Å². The molecule has 1 aromatic heterocycles. The molecule has 88 valence electrons. The summed E-state index contributed by atoms with van der Waals surface area (Å²) < 4.78 is 5.19. The highest BCUT2D eigenvalue weighted by atomic mass is 16.3. The molecule has 1 heterocycles. The molecular weight excluding hydrogens is 202 g/mol. The number of rotatable bonds is 2. The van der Waals surface area contributed by atoms with Crippen LogP contribution in [0.25, 0.3) is 0 Å². The second kappa shape index (κ2) is 5.19. The highest BCUT2D eigenvalue weighted by molar-refractivity contribution is 5.91. The van der Waals surface area contributed by atoms with Crippen molar-refractivity contribution >= 4 is 5.91 Å². The van der Waals surface area contributed by atoms with E-state index in [4.69, 9.17) is 4.42 Å². The first kappa shape index (κ1) is 11.2. The molecule has 1 aromatic rings. The Morgan fingerprint density at radius 3 is 2.56 bits per heavy atom. The van der Waals surface area contributed by atoms with E-state index in [0.29, 0.717) is 11.8 Å². The van der Waals surface area contributed by atoms with Crippen molar-refractivity contribution in [2.24, 2.45) is 0 Å². The Kier molecular flexibility index (Phi) is 3.65. The van der Waals surface area contributed by atoms with Crippen molar-refractivity contribution in [2.75, 3.05) is 0 Å². The van der Waals surface area contributed by atoms with Gasteiger partial charge in [0, 0.05) is 6.04 Å². The molecule has 3 nitrogen and oxygen atoms in total. The van der Waals surface area contributed by atoms with Gasteiger partial charge in [-0.05, 0) is 31.4 Å². The van der Waals surface area contributed by atoms with Crippen molar-refractivity contribution < 1.29 is 9.21 Å². The lowest BCUT2D eigenvalue weighted by Gasteiger charge is -2.14. The molecule has 1 saturated carbocycles. The van der Waals surface area contributed by atoms with Gasteiger partial charge >= 0.3 is 0 Å². The van der Waals surface area contributed by atoms with E-state index in [-0.39, 0.29) is 5.91 Å². The van der Waals surface area contributed by atoms with Crippen molar-refractivity contribution in [3.8, 4) is 0 Å². The van der Waals surface area contributed by atoms with E-state index in [1.165, 1.54) is 25.7 Å². The highest BCUT2D eigenvalue weighted by Crippen LogP contribution is 2.17. The number of amides is 1. The minimum atomic E-state index is -0.0694. The van der Waals surface area contributed by atoms with Crippen LogP contribution in [-0.2, 0) is 0 Å². The Balaban J connectivity index is 1.90. The number of nitrogens with one attached hydrogen (secondary N) is 1. The number of furan rings is 1. The molecule has 1 aliphatic carbocycles. The van der Waals surface area contributed by atoms with Gasteiger partial charge < -0.3 is 9.73 Å². The Morgan fingerprint density at radius 2 is 2.00 bits per heavy atom. The first-order valence-electron chi connectivity index (χ1n) is 6.12. The first-order valence-corrected chi connectivity index (χ1v) is 6.12. The van der Waals surface area contributed by atoms with Gasteiger partial charge in [-0.15, -0.1) is 0 Å². The molecule has 1 amide bonds. The van der Waals surface area contributed by atoms with Crippen LogP contribution < -0.4 is 5.32 Å². The van der Waals surface area contributed by atoms with Gasteiger partial charge in [-0.1, -0.05) is 25.7 Å². The zero-order valence-corrected chi connectivity index (χ0v) is 9.79. The van der Waals surface area contributed by atoms with Crippen molar-refractivity contribution in [1.82, 2.24) is 5.32 Å². The number of aryl methyl sites for hydroxylation is 1. The fourth-order valence-corrected chi connectivity index (χ4v) is 2.23. The van der Waals surface area contributed by atoms with Crippen LogP contribution in [0.5, 0.6) is 0 Å². The van der Waals surface area contributed by atoms with E-state index in [0.717, 1.165) is 18.4 Å². The average Bonchev–Trinajstić information content (AvgIpc) is 2.54. The van der Waals surface area contributed by atoms with Crippen LogP contribution in [0.3, 0.4) is 0 Å². The quantitative estimate of drug-likeness (QED) is 0.780. The molecule has 1 fully saturated rings. The molecule has 0 unspecified atom stereocenters. The molecule has 0 atom stereocenters. The molecule has 16 heavy (non-hydrogen) atoms. The van der Waals surface area contributed by atoms with Crippen LogP contribution in [-0.4, -0.2) is 11.9 Å². The minimum absolute atomic E-state index is 0.0694. The van der Waals surface area contributed by atoms with Crippen molar-refractivity contribution in [3.63, 3.8) is 0 Å². The summed E-state index contributed by atoms with van der Waals surface area (Å²) in [7, 11) is 0. The largest absolute Gasteiger partial charge is 0.459 e. The van der Waals surface area contributed by atoms with E-state index in [9.17, 15) is 4.79 Å². The van der Waals surface area contributed by atoms with Gasteiger partial charge in [-0.2, -0.15) is 0 Å². The highest BCUT2D eigenvalue weighted by Gasteiger charge is 2.17. The minimum Gasteiger partial charge on any atom is -0.459 e. The molecule has 1 N–H and O–H groups in total. The van der Waals surface area contributed by atoms with Crippen LogP contribution in [0, 0.1) is 6.92 Å². The smallest absolute Gasteiger partial charge is 0.287 e. The lowest BCUT2D eigenvalue weighted by molar-refractivity contribution is 0.0905. The van der Waals surface area contributed by atoms with Gasteiger partial charge in [0.25, 0.3) is 5.91 Å². The summed E-state index contributed by atoms with van der Waals surface area (Å²) in [5, 5.41) is 3.06. The number of carbonyl (C=O) groups is 1. The Hall–Kier alpha value is -1.25. The predicted octanol–water partition coefficient (Wildman–Crippen LogP) is 3.04. The molecular formula is C13H19NO2. The Labute approximate surface area is 96.2 Å². The fourth-order valence-electron chi connectivity index (χ4n) is 2.23. The Morgan fingerprint density at radius 1 is 1.31 bits per heavy atom. The van der Waals surface area contributed by atoms with Crippen LogP contribution >= 0.6 is 0 Å². The zero-order chi connectivity index (χ0) is 11.4. The second-order valence-electron chi connectivity index (χ2n) is 4.65. The van der Waals surface area contributed by atoms with Crippen LogP contribution in [0.2, 0.25) is 0 Å². The van der Waals surface area contributed by atoms with Gasteiger partial charge in [0.15, 0.2) is 5.76 Å².